The van der Waals surface area contributed by atoms with Crippen LogP contribution in [0.1, 0.15) is 16.4 Å². The van der Waals surface area contributed by atoms with Crippen LogP contribution in [0, 0.1) is 11.6 Å². The monoisotopic (exact) mass is 423 g/mol. The van der Waals surface area contributed by atoms with Gasteiger partial charge >= 0.3 is 0 Å². The lowest BCUT2D eigenvalue weighted by molar-refractivity contribution is 0.415. The molecule has 7 heteroatoms. The average molecular weight is 423 g/mol. The van der Waals surface area contributed by atoms with E-state index in [1.165, 1.54) is 36.0 Å². The lowest BCUT2D eigenvalue weighted by atomic mass is 10.0. The van der Waals surface area contributed by atoms with Crippen LogP contribution in [0.25, 0.3) is 11.4 Å². The maximum Gasteiger partial charge on any atom is 0.192 e. The van der Waals surface area contributed by atoms with Crippen molar-refractivity contribution >= 4 is 11.8 Å². The average Bonchev–Trinajstić information content (AvgIpc) is 3.14. The molecule has 152 valence electrons. The fraction of sp³-hybridized carbons (Fsp3) is 0.130. The highest BCUT2D eigenvalue weighted by atomic mass is 32.2. The summed E-state index contributed by atoms with van der Waals surface area (Å²) in [5.41, 5.74) is 2.70. The molecular weight excluding hydrogens is 404 g/mol. The molecule has 0 saturated carbocycles. The second-order valence-electron chi connectivity index (χ2n) is 6.69. The highest BCUT2D eigenvalue weighted by molar-refractivity contribution is 7.99. The SMILES string of the molecule is COc1ccc(-c2nnc(SC(c3ccc(F)cc3)c3ccc(F)cc3)n2C)cc1. The molecule has 0 saturated heterocycles. The summed E-state index contributed by atoms with van der Waals surface area (Å²) in [6, 6.07) is 20.2. The van der Waals surface area contributed by atoms with Crippen LogP contribution in [0.15, 0.2) is 78.0 Å². The third-order valence-electron chi connectivity index (χ3n) is 4.75. The standard InChI is InChI=1S/C23H19F2N3OS/c1-28-22(17-7-13-20(29-2)14-8-17)26-27-23(28)30-21(15-3-9-18(24)10-4-15)16-5-11-19(25)12-6-16/h3-14,21H,1-2H3. The summed E-state index contributed by atoms with van der Waals surface area (Å²) in [6.45, 7) is 0. The molecule has 0 bridgehead atoms. The molecule has 0 spiro atoms. The predicted octanol–water partition coefficient (Wildman–Crippen LogP) is 5.65. The Kier molecular flexibility index (Phi) is 5.81. The van der Waals surface area contributed by atoms with Crippen LogP contribution >= 0.6 is 11.8 Å². The summed E-state index contributed by atoms with van der Waals surface area (Å²) in [6.07, 6.45) is 0. The molecular formula is C23H19F2N3OS. The molecule has 4 nitrogen and oxygen atoms in total. The molecule has 1 heterocycles. The topological polar surface area (TPSA) is 39.9 Å². The summed E-state index contributed by atoms with van der Waals surface area (Å²) >= 11 is 1.48. The van der Waals surface area contributed by atoms with Gasteiger partial charge in [-0.15, -0.1) is 10.2 Å². The van der Waals surface area contributed by atoms with E-state index in [4.69, 9.17) is 4.74 Å². The first-order valence-corrected chi connectivity index (χ1v) is 10.1. The fourth-order valence-corrected chi connectivity index (χ4v) is 4.25. The zero-order chi connectivity index (χ0) is 21.1. The van der Waals surface area contributed by atoms with Crippen LogP contribution in [-0.4, -0.2) is 21.9 Å². The molecule has 0 radical (unpaired) electrons. The number of hydrogen-bond acceptors (Lipinski definition) is 4. The van der Waals surface area contributed by atoms with Gasteiger partial charge in [0.25, 0.3) is 0 Å². The van der Waals surface area contributed by atoms with Gasteiger partial charge in [0.1, 0.15) is 17.4 Å². The Labute approximate surface area is 177 Å². The number of hydrogen-bond donors (Lipinski definition) is 0. The molecule has 0 aliphatic rings. The van der Waals surface area contributed by atoms with Crippen molar-refractivity contribution in [3.63, 3.8) is 0 Å². The summed E-state index contributed by atoms with van der Waals surface area (Å²) in [5, 5.41) is 9.20. The molecule has 4 aromatic rings. The smallest absolute Gasteiger partial charge is 0.192 e. The van der Waals surface area contributed by atoms with E-state index in [0.29, 0.717) is 5.16 Å². The second kappa shape index (κ2) is 8.67. The van der Waals surface area contributed by atoms with Gasteiger partial charge in [0, 0.05) is 12.6 Å². The number of thioether (sulfide) groups is 1. The molecule has 30 heavy (non-hydrogen) atoms. The molecule has 0 aliphatic heterocycles. The van der Waals surface area contributed by atoms with Crippen LogP contribution in [-0.2, 0) is 7.05 Å². The summed E-state index contributed by atoms with van der Waals surface area (Å²) in [7, 11) is 3.52. The Morgan fingerprint density at radius 2 is 1.33 bits per heavy atom. The number of rotatable bonds is 6. The molecule has 0 amide bonds. The molecule has 0 unspecified atom stereocenters. The number of methoxy groups -OCH3 is 1. The molecule has 0 aliphatic carbocycles. The van der Waals surface area contributed by atoms with Crippen LogP contribution in [0.3, 0.4) is 0 Å². The Balaban J connectivity index is 1.68. The fourth-order valence-electron chi connectivity index (χ4n) is 3.12. The van der Waals surface area contributed by atoms with Gasteiger partial charge in [-0.1, -0.05) is 36.0 Å². The molecule has 3 aromatic carbocycles. The van der Waals surface area contributed by atoms with Gasteiger partial charge in [-0.05, 0) is 59.7 Å². The zero-order valence-corrected chi connectivity index (χ0v) is 17.2. The van der Waals surface area contributed by atoms with Gasteiger partial charge < -0.3 is 9.30 Å². The second-order valence-corrected chi connectivity index (χ2v) is 7.77. The van der Waals surface area contributed by atoms with E-state index in [-0.39, 0.29) is 16.9 Å². The first kappa shape index (κ1) is 20.1. The van der Waals surface area contributed by atoms with Crippen LogP contribution in [0.2, 0.25) is 0 Å². The van der Waals surface area contributed by atoms with Crippen molar-refractivity contribution in [3.8, 4) is 17.1 Å². The summed E-state index contributed by atoms with van der Waals surface area (Å²) in [5.74, 6) is 0.879. The van der Waals surface area contributed by atoms with Gasteiger partial charge in [0.05, 0.1) is 12.4 Å². The number of ether oxygens (including phenoxy) is 1. The van der Waals surface area contributed by atoms with Gasteiger partial charge in [-0.3, -0.25) is 0 Å². The highest BCUT2D eigenvalue weighted by Gasteiger charge is 2.21. The number of benzene rings is 3. The lowest BCUT2D eigenvalue weighted by Gasteiger charge is -2.17. The molecule has 0 atom stereocenters. The van der Waals surface area contributed by atoms with E-state index in [2.05, 4.69) is 10.2 Å². The van der Waals surface area contributed by atoms with E-state index in [1.54, 1.807) is 31.4 Å². The highest BCUT2D eigenvalue weighted by Crippen LogP contribution is 2.40. The largest absolute Gasteiger partial charge is 0.497 e. The molecule has 0 fully saturated rings. The van der Waals surface area contributed by atoms with Crippen molar-refractivity contribution in [1.82, 2.24) is 14.8 Å². The van der Waals surface area contributed by atoms with Crippen LogP contribution in [0.4, 0.5) is 8.78 Å². The third kappa shape index (κ3) is 4.21. The van der Waals surface area contributed by atoms with E-state index < -0.39 is 0 Å². The van der Waals surface area contributed by atoms with Gasteiger partial charge in [0.2, 0.25) is 0 Å². The summed E-state index contributed by atoms with van der Waals surface area (Å²) < 4.78 is 34.0. The van der Waals surface area contributed by atoms with Crippen molar-refractivity contribution in [2.24, 2.45) is 7.05 Å². The predicted molar refractivity (Wildman–Crippen MR) is 113 cm³/mol. The Bertz CT molecular complexity index is 1080. The Morgan fingerprint density at radius 3 is 1.83 bits per heavy atom. The maximum absolute atomic E-state index is 13.4. The Morgan fingerprint density at radius 1 is 0.800 bits per heavy atom. The van der Waals surface area contributed by atoms with Crippen molar-refractivity contribution in [2.45, 2.75) is 10.4 Å². The van der Waals surface area contributed by atoms with Crippen LogP contribution < -0.4 is 4.74 Å². The molecule has 0 N–H and O–H groups in total. The molecule has 4 rings (SSSR count). The normalized spacial score (nSPS) is 11.1. The zero-order valence-electron chi connectivity index (χ0n) is 16.4. The Hall–Kier alpha value is -3.19. The van der Waals surface area contributed by atoms with Gasteiger partial charge in [-0.25, -0.2) is 8.78 Å². The molecule has 1 aromatic heterocycles. The first-order chi connectivity index (χ1) is 14.5. The van der Waals surface area contributed by atoms with Crippen molar-refractivity contribution in [3.05, 3.63) is 95.6 Å². The van der Waals surface area contributed by atoms with Crippen molar-refractivity contribution < 1.29 is 13.5 Å². The van der Waals surface area contributed by atoms with Crippen molar-refractivity contribution in [2.75, 3.05) is 7.11 Å². The first-order valence-electron chi connectivity index (χ1n) is 9.26. The third-order valence-corrected chi connectivity index (χ3v) is 6.10. The van der Waals surface area contributed by atoms with E-state index in [1.807, 2.05) is 35.9 Å². The quantitative estimate of drug-likeness (QED) is 0.376. The lowest BCUT2D eigenvalue weighted by Crippen LogP contribution is -2.01. The van der Waals surface area contributed by atoms with Crippen molar-refractivity contribution in [1.29, 1.82) is 0 Å². The number of aromatic nitrogens is 3. The minimum atomic E-state index is -0.304. The van der Waals surface area contributed by atoms with E-state index >= 15 is 0 Å². The van der Waals surface area contributed by atoms with Gasteiger partial charge in [-0.2, -0.15) is 0 Å². The van der Waals surface area contributed by atoms with E-state index in [0.717, 1.165) is 28.3 Å². The minimum Gasteiger partial charge on any atom is -0.497 e. The van der Waals surface area contributed by atoms with Crippen LogP contribution in [0.5, 0.6) is 5.75 Å². The van der Waals surface area contributed by atoms with Gasteiger partial charge in [0.15, 0.2) is 11.0 Å². The number of nitrogens with zero attached hydrogens (tertiary/aromatic N) is 3. The summed E-state index contributed by atoms with van der Waals surface area (Å²) in [4.78, 5) is 0. The maximum atomic E-state index is 13.4. The minimum absolute atomic E-state index is 0.196. The number of halogens is 2. The van der Waals surface area contributed by atoms with E-state index in [9.17, 15) is 8.78 Å².